The van der Waals surface area contributed by atoms with Crippen LogP contribution in [0.5, 0.6) is 5.75 Å². The van der Waals surface area contributed by atoms with Crippen LogP contribution in [0, 0.1) is 12.7 Å². The highest BCUT2D eigenvalue weighted by molar-refractivity contribution is 14.0. The zero-order valence-electron chi connectivity index (χ0n) is 14.6. The normalized spacial score (nSPS) is 12.2. The number of aromatic nitrogens is 1. The maximum atomic E-state index is 12.9. The standard InChI is InChI=1S/C17H23FN4OS.HI/c1-4-19-17(22-11-16-20-10-13(3)24-16)21-9-12(2)23-15-7-5-14(18)6-8-15;/h5-8,10,12H,4,9,11H2,1-3H3,(H2,19,21,22);1H. The first-order valence-corrected chi connectivity index (χ1v) is 8.74. The Kier molecular flexibility index (Phi) is 9.73. The number of thiazole rings is 1. The molecule has 1 aromatic carbocycles. The highest BCUT2D eigenvalue weighted by Crippen LogP contribution is 2.13. The summed E-state index contributed by atoms with van der Waals surface area (Å²) in [7, 11) is 0. The molecule has 0 saturated carbocycles. The first kappa shape index (κ1) is 21.6. The Bertz CT molecular complexity index is 663. The van der Waals surface area contributed by atoms with Gasteiger partial charge in [-0.15, -0.1) is 35.3 Å². The van der Waals surface area contributed by atoms with Crippen molar-refractivity contribution in [3.8, 4) is 5.75 Å². The molecule has 2 N–H and O–H groups in total. The summed E-state index contributed by atoms with van der Waals surface area (Å²) in [5.74, 6) is 1.10. The fourth-order valence-corrected chi connectivity index (χ4v) is 2.70. The van der Waals surface area contributed by atoms with Crippen molar-refractivity contribution >= 4 is 41.3 Å². The summed E-state index contributed by atoms with van der Waals surface area (Å²) in [5.41, 5.74) is 0. The lowest BCUT2D eigenvalue weighted by Gasteiger charge is -2.17. The summed E-state index contributed by atoms with van der Waals surface area (Å²) in [5, 5.41) is 7.43. The lowest BCUT2D eigenvalue weighted by atomic mass is 10.3. The van der Waals surface area contributed by atoms with E-state index in [1.807, 2.05) is 27.0 Å². The van der Waals surface area contributed by atoms with Crippen molar-refractivity contribution in [1.82, 2.24) is 15.6 Å². The van der Waals surface area contributed by atoms with Gasteiger partial charge < -0.3 is 15.4 Å². The number of ether oxygens (including phenoxy) is 1. The molecule has 5 nitrogen and oxygen atoms in total. The van der Waals surface area contributed by atoms with E-state index in [0.717, 1.165) is 17.5 Å². The van der Waals surface area contributed by atoms with Crippen LogP contribution in [0.1, 0.15) is 23.7 Å². The van der Waals surface area contributed by atoms with Crippen molar-refractivity contribution in [2.75, 3.05) is 13.1 Å². The smallest absolute Gasteiger partial charge is 0.191 e. The minimum Gasteiger partial charge on any atom is -0.489 e. The monoisotopic (exact) mass is 478 g/mol. The highest BCUT2D eigenvalue weighted by atomic mass is 127. The predicted molar refractivity (Wildman–Crippen MR) is 112 cm³/mol. The molecule has 138 valence electrons. The summed E-state index contributed by atoms with van der Waals surface area (Å²) in [6.45, 7) is 7.90. The number of guanidine groups is 1. The second-order valence-corrected chi connectivity index (χ2v) is 6.64. The van der Waals surface area contributed by atoms with E-state index >= 15 is 0 Å². The summed E-state index contributed by atoms with van der Waals surface area (Å²) >= 11 is 1.65. The lowest BCUT2D eigenvalue weighted by Crippen LogP contribution is -2.41. The molecular formula is C17H24FIN4OS. The Hall–Kier alpha value is -1.42. The van der Waals surface area contributed by atoms with E-state index in [-0.39, 0.29) is 35.9 Å². The van der Waals surface area contributed by atoms with Crippen molar-refractivity contribution in [2.24, 2.45) is 4.99 Å². The van der Waals surface area contributed by atoms with Gasteiger partial charge in [-0.1, -0.05) is 0 Å². The van der Waals surface area contributed by atoms with Crippen LogP contribution in [0.2, 0.25) is 0 Å². The summed E-state index contributed by atoms with van der Waals surface area (Å²) in [4.78, 5) is 10.0. The molecule has 0 bridgehead atoms. The van der Waals surface area contributed by atoms with Gasteiger partial charge in [-0.05, 0) is 45.0 Å². The molecule has 0 spiro atoms. The molecule has 25 heavy (non-hydrogen) atoms. The van der Waals surface area contributed by atoms with Gasteiger partial charge in [0.1, 0.15) is 22.7 Å². The summed E-state index contributed by atoms with van der Waals surface area (Å²) in [6.07, 6.45) is 1.77. The number of halogens is 2. The first-order chi connectivity index (χ1) is 11.6. The van der Waals surface area contributed by atoms with Crippen LogP contribution in [0.15, 0.2) is 35.5 Å². The molecule has 0 aliphatic rings. The van der Waals surface area contributed by atoms with Gasteiger partial charge in [-0.3, -0.25) is 0 Å². The molecule has 1 unspecified atom stereocenters. The molecule has 0 saturated heterocycles. The van der Waals surface area contributed by atoms with Crippen LogP contribution in [0.4, 0.5) is 4.39 Å². The molecule has 0 aliphatic heterocycles. The Labute approximate surface area is 169 Å². The molecule has 2 aromatic rings. The Morgan fingerprint density at radius 2 is 2.04 bits per heavy atom. The van der Waals surface area contributed by atoms with Gasteiger partial charge in [-0.25, -0.2) is 14.4 Å². The van der Waals surface area contributed by atoms with Crippen LogP contribution in [0.3, 0.4) is 0 Å². The molecule has 1 aromatic heterocycles. The number of rotatable bonds is 7. The van der Waals surface area contributed by atoms with E-state index in [4.69, 9.17) is 4.74 Å². The second kappa shape index (κ2) is 11.2. The predicted octanol–water partition coefficient (Wildman–Crippen LogP) is 3.73. The number of benzene rings is 1. The van der Waals surface area contributed by atoms with E-state index in [1.54, 1.807) is 23.5 Å². The van der Waals surface area contributed by atoms with Crippen molar-refractivity contribution < 1.29 is 9.13 Å². The SMILES string of the molecule is CCNC(=NCc1ncc(C)s1)NCC(C)Oc1ccc(F)cc1.I. The molecule has 0 aliphatic carbocycles. The third-order valence-corrected chi connectivity index (χ3v) is 3.99. The van der Waals surface area contributed by atoms with Crippen molar-refractivity contribution in [2.45, 2.75) is 33.4 Å². The van der Waals surface area contributed by atoms with Crippen LogP contribution >= 0.6 is 35.3 Å². The van der Waals surface area contributed by atoms with Gasteiger partial charge in [0.25, 0.3) is 0 Å². The van der Waals surface area contributed by atoms with Gasteiger partial charge in [0.05, 0.1) is 13.1 Å². The van der Waals surface area contributed by atoms with E-state index in [2.05, 4.69) is 20.6 Å². The van der Waals surface area contributed by atoms with Gasteiger partial charge in [0.2, 0.25) is 0 Å². The average molecular weight is 478 g/mol. The topological polar surface area (TPSA) is 58.5 Å². The van der Waals surface area contributed by atoms with Gasteiger partial charge in [0, 0.05) is 17.6 Å². The third kappa shape index (κ3) is 8.00. The molecule has 0 radical (unpaired) electrons. The Morgan fingerprint density at radius 3 is 2.64 bits per heavy atom. The lowest BCUT2D eigenvalue weighted by molar-refractivity contribution is 0.223. The molecule has 0 amide bonds. The zero-order valence-corrected chi connectivity index (χ0v) is 17.7. The first-order valence-electron chi connectivity index (χ1n) is 7.92. The van der Waals surface area contributed by atoms with E-state index in [1.165, 1.54) is 17.0 Å². The number of hydrogen-bond acceptors (Lipinski definition) is 4. The fraction of sp³-hybridized carbons (Fsp3) is 0.412. The maximum Gasteiger partial charge on any atom is 0.191 e. The average Bonchev–Trinajstić information content (AvgIpc) is 2.98. The van der Waals surface area contributed by atoms with Crippen molar-refractivity contribution in [1.29, 1.82) is 0 Å². The number of aryl methyl sites for hydroxylation is 1. The number of hydrogen-bond donors (Lipinski definition) is 2. The van der Waals surface area contributed by atoms with E-state index < -0.39 is 0 Å². The molecule has 8 heteroatoms. The Morgan fingerprint density at radius 1 is 1.32 bits per heavy atom. The number of nitrogens with one attached hydrogen (secondary N) is 2. The van der Waals surface area contributed by atoms with Crippen LogP contribution < -0.4 is 15.4 Å². The molecule has 2 rings (SSSR count). The van der Waals surface area contributed by atoms with E-state index in [9.17, 15) is 4.39 Å². The molecule has 1 heterocycles. The van der Waals surface area contributed by atoms with Gasteiger partial charge in [0.15, 0.2) is 5.96 Å². The summed E-state index contributed by atoms with van der Waals surface area (Å²) in [6, 6.07) is 6.01. The number of aliphatic imine (C=N–C) groups is 1. The fourth-order valence-electron chi connectivity index (χ4n) is 1.99. The molecular weight excluding hydrogens is 454 g/mol. The Balaban J connectivity index is 0.00000312. The largest absolute Gasteiger partial charge is 0.489 e. The zero-order chi connectivity index (χ0) is 17.4. The van der Waals surface area contributed by atoms with E-state index in [0.29, 0.717) is 18.8 Å². The second-order valence-electron chi connectivity index (χ2n) is 5.32. The van der Waals surface area contributed by atoms with Gasteiger partial charge >= 0.3 is 0 Å². The van der Waals surface area contributed by atoms with Crippen molar-refractivity contribution in [3.63, 3.8) is 0 Å². The van der Waals surface area contributed by atoms with Crippen LogP contribution in [-0.4, -0.2) is 30.1 Å². The van der Waals surface area contributed by atoms with Crippen LogP contribution in [-0.2, 0) is 6.54 Å². The van der Waals surface area contributed by atoms with Crippen LogP contribution in [0.25, 0.3) is 0 Å². The highest BCUT2D eigenvalue weighted by Gasteiger charge is 2.06. The van der Waals surface area contributed by atoms with Gasteiger partial charge in [-0.2, -0.15) is 0 Å². The molecule has 0 fully saturated rings. The molecule has 1 atom stereocenters. The minimum absolute atomic E-state index is 0. The summed E-state index contributed by atoms with van der Waals surface area (Å²) < 4.78 is 18.6. The quantitative estimate of drug-likeness (QED) is 0.362. The van der Waals surface area contributed by atoms with Crippen molar-refractivity contribution in [3.05, 3.63) is 46.2 Å². The maximum absolute atomic E-state index is 12.9. The minimum atomic E-state index is -0.271. The third-order valence-electron chi connectivity index (χ3n) is 3.09. The number of nitrogens with zero attached hydrogens (tertiary/aromatic N) is 2.